The van der Waals surface area contributed by atoms with Gasteiger partial charge in [0.15, 0.2) is 0 Å². The first kappa shape index (κ1) is 17.0. The van der Waals surface area contributed by atoms with E-state index in [-0.39, 0.29) is 0 Å². The van der Waals surface area contributed by atoms with E-state index in [2.05, 4.69) is 17.2 Å². The minimum atomic E-state index is 0.660. The minimum Gasteiger partial charge on any atom is -0.494 e. The highest BCUT2D eigenvalue weighted by molar-refractivity contribution is 5.44. The monoisotopic (exact) mass is 312 g/mol. The highest BCUT2D eigenvalue weighted by Crippen LogP contribution is 2.23. The second kappa shape index (κ2) is 9.62. The summed E-state index contributed by atoms with van der Waals surface area (Å²) < 4.78 is 11.1. The third kappa shape index (κ3) is 6.10. The highest BCUT2D eigenvalue weighted by Gasteiger charge is 1.96. The van der Waals surface area contributed by atoms with Gasteiger partial charge < -0.3 is 9.47 Å². The van der Waals surface area contributed by atoms with Crippen LogP contribution in [0.1, 0.15) is 33.1 Å². The van der Waals surface area contributed by atoms with E-state index >= 15 is 0 Å². The first-order chi connectivity index (χ1) is 11.3. The molecule has 0 N–H and O–H groups in total. The van der Waals surface area contributed by atoms with Gasteiger partial charge >= 0.3 is 0 Å². The molecule has 0 spiro atoms. The molecule has 0 saturated heterocycles. The molecule has 0 aromatic heterocycles. The van der Waals surface area contributed by atoms with Crippen LogP contribution < -0.4 is 9.47 Å². The minimum absolute atomic E-state index is 0.660. The van der Waals surface area contributed by atoms with Crippen molar-refractivity contribution >= 4 is 11.4 Å². The van der Waals surface area contributed by atoms with Crippen LogP contribution in [0.2, 0.25) is 0 Å². The van der Waals surface area contributed by atoms with Gasteiger partial charge in [-0.15, -0.1) is 0 Å². The zero-order valence-corrected chi connectivity index (χ0v) is 13.9. The number of hydrogen-bond acceptors (Lipinski definition) is 4. The average molecular weight is 312 g/mol. The van der Waals surface area contributed by atoms with Crippen LogP contribution in [0.25, 0.3) is 0 Å². The molecule has 0 aliphatic carbocycles. The van der Waals surface area contributed by atoms with E-state index in [4.69, 9.17) is 9.47 Å². The van der Waals surface area contributed by atoms with Crippen LogP contribution in [0.3, 0.4) is 0 Å². The van der Waals surface area contributed by atoms with Crippen molar-refractivity contribution in [2.45, 2.75) is 33.1 Å². The van der Waals surface area contributed by atoms with Crippen LogP contribution in [-0.4, -0.2) is 13.2 Å². The smallest absolute Gasteiger partial charge is 0.119 e. The van der Waals surface area contributed by atoms with Gasteiger partial charge in [-0.05, 0) is 61.9 Å². The van der Waals surface area contributed by atoms with Crippen molar-refractivity contribution < 1.29 is 9.47 Å². The maximum atomic E-state index is 5.68. The summed E-state index contributed by atoms with van der Waals surface area (Å²) >= 11 is 0. The maximum Gasteiger partial charge on any atom is 0.119 e. The molecule has 0 bridgehead atoms. The molecule has 0 aliphatic heterocycles. The lowest BCUT2D eigenvalue weighted by Gasteiger charge is -2.05. The maximum absolute atomic E-state index is 5.68. The van der Waals surface area contributed by atoms with Crippen molar-refractivity contribution in [1.82, 2.24) is 0 Å². The molecule has 0 fully saturated rings. The number of hydrogen-bond donors (Lipinski definition) is 0. The third-order valence-corrected chi connectivity index (χ3v) is 3.28. The van der Waals surface area contributed by atoms with Crippen LogP contribution in [0.4, 0.5) is 11.4 Å². The fraction of sp³-hybridized carbons (Fsp3) is 0.368. The molecule has 0 saturated carbocycles. The predicted octanol–water partition coefficient (Wildman–Crippen LogP) is 6.07. The first-order valence-electron chi connectivity index (χ1n) is 8.19. The number of unbranched alkanes of at least 4 members (excludes halogenated alkanes) is 2. The van der Waals surface area contributed by atoms with Gasteiger partial charge in [0.2, 0.25) is 0 Å². The largest absolute Gasteiger partial charge is 0.494 e. The van der Waals surface area contributed by atoms with E-state index in [1.54, 1.807) is 0 Å². The van der Waals surface area contributed by atoms with E-state index in [0.717, 1.165) is 35.9 Å². The topological polar surface area (TPSA) is 43.2 Å². The van der Waals surface area contributed by atoms with E-state index in [9.17, 15) is 0 Å². The van der Waals surface area contributed by atoms with Crippen LogP contribution in [0, 0.1) is 0 Å². The Labute approximate surface area is 138 Å². The molecular weight excluding hydrogens is 288 g/mol. The first-order valence-corrected chi connectivity index (χ1v) is 8.19. The lowest BCUT2D eigenvalue weighted by Crippen LogP contribution is -1.96. The molecule has 23 heavy (non-hydrogen) atoms. The highest BCUT2D eigenvalue weighted by atomic mass is 16.5. The number of nitrogens with zero attached hydrogens (tertiary/aromatic N) is 2. The molecule has 0 atom stereocenters. The zero-order chi connectivity index (χ0) is 16.3. The zero-order valence-electron chi connectivity index (χ0n) is 13.9. The second-order valence-corrected chi connectivity index (χ2v) is 5.18. The van der Waals surface area contributed by atoms with Crippen LogP contribution >= 0.6 is 0 Å². The summed E-state index contributed by atoms with van der Waals surface area (Å²) in [5.41, 5.74) is 1.60. The lowest BCUT2D eigenvalue weighted by molar-refractivity contribution is 0.306. The number of ether oxygens (including phenoxy) is 2. The Hall–Kier alpha value is -2.36. The van der Waals surface area contributed by atoms with Crippen molar-refractivity contribution in [1.29, 1.82) is 0 Å². The molecule has 2 aromatic rings. The van der Waals surface area contributed by atoms with E-state index in [1.807, 2.05) is 55.5 Å². The van der Waals surface area contributed by atoms with Gasteiger partial charge in [-0.25, -0.2) is 0 Å². The molecule has 2 aromatic carbocycles. The molecule has 4 heteroatoms. The van der Waals surface area contributed by atoms with Gasteiger partial charge in [0.25, 0.3) is 0 Å². The van der Waals surface area contributed by atoms with Crippen molar-refractivity contribution in [2.75, 3.05) is 13.2 Å². The van der Waals surface area contributed by atoms with Gasteiger partial charge in [0, 0.05) is 0 Å². The predicted molar refractivity (Wildman–Crippen MR) is 93.2 cm³/mol. The Morgan fingerprint density at radius 3 is 1.70 bits per heavy atom. The summed E-state index contributed by atoms with van der Waals surface area (Å²) in [5, 5.41) is 8.45. The number of rotatable bonds is 9. The standard InChI is InChI=1S/C19H24N2O2/c1-3-5-6-15-23-19-13-9-17(10-14-19)21-20-16-7-11-18(12-8-16)22-4-2/h7-14H,3-6,15H2,1-2H3. The van der Waals surface area contributed by atoms with Crippen LogP contribution in [0.5, 0.6) is 11.5 Å². The van der Waals surface area contributed by atoms with Crippen LogP contribution in [0.15, 0.2) is 58.8 Å². The summed E-state index contributed by atoms with van der Waals surface area (Å²) in [6, 6.07) is 15.2. The summed E-state index contributed by atoms with van der Waals surface area (Å²) in [6.45, 7) is 5.57. The molecule has 0 radical (unpaired) electrons. The summed E-state index contributed by atoms with van der Waals surface area (Å²) in [5.74, 6) is 1.72. The average Bonchev–Trinajstić information content (AvgIpc) is 2.59. The van der Waals surface area contributed by atoms with Gasteiger partial charge in [0.05, 0.1) is 24.6 Å². The van der Waals surface area contributed by atoms with Crippen LogP contribution in [-0.2, 0) is 0 Å². The van der Waals surface area contributed by atoms with E-state index in [0.29, 0.717) is 6.61 Å². The van der Waals surface area contributed by atoms with Crippen molar-refractivity contribution in [2.24, 2.45) is 10.2 Å². The van der Waals surface area contributed by atoms with Crippen molar-refractivity contribution in [3.05, 3.63) is 48.5 Å². The van der Waals surface area contributed by atoms with Gasteiger partial charge in [0.1, 0.15) is 11.5 Å². The van der Waals surface area contributed by atoms with E-state index in [1.165, 1.54) is 12.8 Å². The SMILES string of the molecule is CCCCCOc1ccc(N=Nc2ccc(OCC)cc2)cc1. The summed E-state index contributed by atoms with van der Waals surface area (Å²) in [7, 11) is 0. The molecule has 4 nitrogen and oxygen atoms in total. The Kier molecular flexibility index (Phi) is 7.11. The molecule has 0 amide bonds. The third-order valence-electron chi connectivity index (χ3n) is 3.28. The summed E-state index contributed by atoms with van der Waals surface area (Å²) in [4.78, 5) is 0. The fourth-order valence-corrected chi connectivity index (χ4v) is 2.04. The fourth-order valence-electron chi connectivity index (χ4n) is 2.04. The van der Waals surface area contributed by atoms with E-state index < -0.39 is 0 Å². The molecule has 0 unspecified atom stereocenters. The quantitative estimate of drug-likeness (QED) is 0.416. The molecule has 2 rings (SSSR count). The normalized spacial score (nSPS) is 10.9. The molecule has 122 valence electrons. The molecular formula is C19H24N2O2. The van der Waals surface area contributed by atoms with Gasteiger partial charge in [-0.2, -0.15) is 10.2 Å². The Balaban J connectivity index is 1.87. The van der Waals surface area contributed by atoms with Gasteiger partial charge in [-0.1, -0.05) is 19.8 Å². The summed E-state index contributed by atoms with van der Waals surface area (Å²) in [6.07, 6.45) is 3.50. The number of benzene rings is 2. The Morgan fingerprint density at radius 1 is 0.696 bits per heavy atom. The lowest BCUT2D eigenvalue weighted by atomic mass is 10.2. The molecule has 0 heterocycles. The second-order valence-electron chi connectivity index (χ2n) is 5.18. The Bertz CT molecular complexity index is 592. The van der Waals surface area contributed by atoms with Gasteiger partial charge in [-0.3, -0.25) is 0 Å². The Morgan fingerprint density at radius 2 is 1.22 bits per heavy atom. The van der Waals surface area contributed by atoms with Crippen molar-refractivity contribution in [3.8, 4) is 11.5 Å². The number of azo groups is 1. The van der Waals surface area contributed by atoms with Crippen molar-refractivity contribution in [3.63, 3.8) is 0 Å². The molecule has 0 aliphatic rings.